The maximum atomic E-state index is 12.3. The Labute approximate surface area is 122 Å². The summed E-state index contributed by atoms with van der Waals surface area (Å²) in [6.45, 7) is 2.26. The summed E-state index contributed by atoms with van der Waals surface area (Å²) in [5.41, 5.74) is 0.888. The lowest BCUT2D eigenvalue weighted by molar-refractivity contribution is -0.135. The van der Waals surface area contributed by atoms with Crippen molar-refractivity contribution < 1.29 is 4.79 Å². The Morgan fingerprint density at radius 1 is 1.42 bits per heavy atom. The molecule has 1 aliphatic rings. The lowest BCUT2D eigenvalue weighted by atomic mass is 10.1. The Kier molecular flexibility index (Phi) is 3.51. The van der Waals surface area contributed by atoms with Gasteiger partial charge < -0.3 is 4.90 Å². The quantitative estimate of drug-likeness (QED) is 0.805. The number of amides is 1. The summed E-state index contributed by atoms with van der Waals surface area (Å²) in [7, 11) is 1.73. The van der Waals surface area contributed by atoms with Crippen LogP contribution in [0.3, 0.4) is 0 Å². The maximum absolute atomic E-state index is 12.3. The van der Waals surface area contributed by atoms with Crippen molar-refractivity contribution in [2.24, 2.45) is 5.41 Å². The summed E-state index contributed by atoms with van der Waals surface area (Å²) < 4.78 is -0.941. The second-order valence-electron chi connectivity index (χ2n) is 5.18. The molecule has 0 radical (unpaired) electrons. The number of carbonyl (C=O) groups is 1. The Balaban J connectivity index is 2.03. The number of nitriles is 1. The predicted molar refractivity (Wildman–Crippen MR) is 74.8 cm³/mol. The Morgan fingerprint density at radius 3 is 2.37 bits per heavy atom. The van der Waals surface area contributed by atoms with E-state index in [1.165, 1.54) is 0 Å². The van der Waals surface area contributed by atoms with E-state index in [4.69, 9.17) is 28.5 Å². The van der Waals surface area contributed by atoms with Crippen LogP contribution in [0.5, 0.6) is 0 Å². The average Bonchev–Trinajstić information content (AvgIpc) is 2.89. The number of carbonyl (C=O) groups excluding carboxylic acids is 1. The van der Waals surface area contributed by atoms with Gasteiger partial charge in [0, 0.05) is 13.6 Å². The van der Waals surface area contributed by atoms with Gasteiger partial charge in [0.15, 0.2) is 0 Å². The maximum Gasteiger partial charge on any atom is 0.231 e. The number of halogens is 2. The molecule has 1 aromatic rings. The van der Waals surface area contributed by atoms with Gasteiger partial charge in [0.05, 0.1) is 17.0 Å². The Morgan fingerprint density at radius 2 is 1.95 bits per heavy atom. The van der Waals surface area contributed by atoms with E-state index in [-0.39, 0.29) is 5.91 Å². The van der Waals surface area contributed by atoms with Crippen LogP contribution in [0.2, 0.25) is 0 Å². The fourth-order valence-corrected chi connectivity index (χ4v) is 2.78. The van der Waals surface area contributed by atoms with Gasteiger partial charge in [-0.15, -0.1) is 23.2 Å². The third-order valence-corrected chi connectivity index (χ3v) is 4.68. The summed E-state index contributed by atoms with van der Waals surface area (Å²) in [4.78, 5) is 13.9. The Hall–Kier alpha value is -1.24. The van der Waals surface area contributed by atoms with Crippen molar-refractivity contribution >= 4 is 29.1 Å². The van der Waals surface area contributed by atoms with Crippen LogP contribution in [0.25, 0.3) is 0 Å². The van der Waals surface area contributed by atoms with Crippen molar-refractivity contribution in [2.45, 2.75) is 24.2 Å². The molecule has 100 valence electrons. The van der Waals surface area contributed by atoms with Crippen molar-refractivity contribution in [3.8, 4) is 6.07 Å². The molecule has 0 saturated heterocycles. The molecule has 1 amide bonds. The summed E-state index contributed by atoms with van der Waals surface area (Å²) >= 11 is 12.0. The molecule has 0 aromatic heterocycles. The van der Waals surface area contributed by atoms with Gasteiger partial charge in [-0.3, -0.25) is 4.79 Å². The molecule has 3 nitrogen and oxygen atoms in total. The van der Waals surface area contributed by atoms with Crippen molar-refractivity contribution in [3.05, 3.63) is 35.4 Å². The normalized spacial score (nSPS) is 23.5. The van der Waals surface area contributed by atoms with E-state index in [0.29, 0.717) is 18.5 Å². The number of rotatable bonds is 3. The second kappa shape index (κ2) is 4.70. The van der Waals surface area contributed by atoms with E-state index < -0.39 is 9.75 Å². The number of benzene rings is 1. The molecule has 1 atom stereocenters. The first kappa shape index (κ1) is 14.2. The van der Waals surface area contributed by atoms with Crippen LogP contribution in [0, 0.1) is 16.7 Å². The van der Waals surface area contributed by atoms with Gasteiger partial charge in [-0.1, -0.05) is 12.1 Å². The van der Waals surface area contributed by atoms with Gasteiger partial charge in [0.2, 0.25) is 5.91 Å². The number of nitrogens with zero attached hydrogens (tertiary/aromatic N) is 2. The zero-order valence-electron chi connectivity index (χ0n) is 10.8. The van der Waals surface area contributed by atoms with Crippen LogP contribution in [0.1, 0.15) is 24.5 Å². The highest BCUT2D eigenvalue weighted by Gasteiger charge is 2.68. The minimum Gasteiger partial charge on any atom is -0.341 e. The van der Waals surface area contributed by atoms with E-state index in [2.05, 4.69) is 6.07 Å². The molecular formula is C14H14Cl2N2O. The molecule has 1 fully saturated rings. The molecule has 0 bridgehead atoms. The zero-order valence-corrected chi connectivity index (χ0v) is 12.3. The molecule has 19 heavy (non-hydrogen) atoms. The minimum atomic E-state index is -0.941. The van der Waals surface area contributed by atoms with Gasteiger partial charge in [0.25, 0.3) is 0 Å². The molecule has 0 N–H and O–H groups in total. The van der Waals surface area contributed by atoms with Gasteiger partial charge in [0.1, 0.15) is 4.33 Å². The number of hydrogen-bond donors (Lipinski definition) is 0. The van der Waals surface area contributed by atoms with Crippen LogP contribution in [-0.2, 0) is 11.3 Å². The van der Waals surface area contributed by atoms with Crippen LogP contribution in [0.15, 0.2) is 24.3 Å². The molecule has 1 saturated carbocycles. The van der Waals surface area contributed by atoms with E-state index in [1.54, 1.807) is 31.0 Å². The smallest absolute Gasteiger partial charge is 0.231 e. The average molecular weight is 297 g/mol. The van der Waals surface area contributed by atoms with Gasteiger partial charge in [-0.25, -0.2) is 0 Å². The highest BCUT2D eigenvalue weighted by atomic mass is 35.5. The molecule has 2 rings (SSSR count). The molecule has 0 spiro atoms. The Bertz CT molecular complexity index is 548. The summed E-state index contributed by atoms with van der Waals surface area (Å²) in [5, 5.41) is 8.73. The fraction of sp³-hybridized carbons (Fsp3) is 0.429. The van der Waals surface area contributed by atoms with E-state index in [0.717, 1.165) is 5.56 Å². The molecule has 1 unspecified atom stereocenters. The molecule has 5 heteroatoms. The third kappa shape index (κ3) is 2.56. The van der Waals surface area contributed by atoms with Crippen LogP contribution in [-0.4, -0.2) is 22.2 Å². The second-order valence-corrected chi connectivity index (χ2v) is 6.67. The van der Waals surface area contributed by atoms with Crippen molar-refractivity contribution in [3.63, 3.8) is 0 Å². The summed E-state index contributed by atoms with van der Waals surface area (Å²) in [6, 6.07) is 9.21. The lowest BCUT2D eigenvalue weighted by Gasteiger charge is -2.22. The molecular weight excluding hydrogens is 283 g/mol. The molecule has 1 aliphatic carbocycles. The first-order valence-corrected chi connectivity index (χ1v) is 6.68. The van der Waals surface area contributed by atoms with Crippen LogP contribution in [0.4, 0.5) is 0 Å². The third-order valence-electron chi connectivity index (χ3n) is 3.58. The lowest BCUT2D eigenvalue weighted by Crippen LogP contribution is -2.34. The highest BCUT2D eigenvalue weighted by Crippen LogP contribution is 2.64. The first-order valence-electron chi connectivity index (χ1n) is 5.92. The largest absolute Gasteiger partial charge is 0.341 e. The van der Waals surface area contributed by atoms with Gasteiger partial charge in [-0.2, -0.15) is 5.26 Å². The van der Waals surface area contributed by atoms with Crippen LogP contribution >= 0.6 is 23.2 Å². The molecule has 0 heterocycles. The minimum absolute atomic E-state index is 0.0538. The summed E-state index contributed by atoms with van der Waals surface area (Å²) in [6.07, 6.45) is 0.486. The van der Waals surface area contributed by atoms with E-state index in [1.807, 2.05) is 12.1 Å². The van der Waals surface area contributed by atoms with E-state index in [9.17, 15) is 4.79 Å². The first-order chi connectivity index (χ1) is 8.80. The molecule has 0 aliphatic heterocycles. The molecule has 1 aromatic carbocycles. The standard InChI is InChI=1S/C14H14Cl2N2O/c1-13(9-14(13,15)16)12(19)18(2)8-11-5-3-10(7-17)4-6-11/h3-6H,8-9H2,1-2H3. The van der Waals surface area contributed by atoms with Crippen molar-refractivity contribution in [1.29, 1.82) is 5.26 Å². The van der Waals surface area contributed by atoms with Crippen molar-refractivity contribution in [1.82, 2.24) is 4.90 Å². The fourth-order valence-electron chi connectivity index (χ4n) is 2.08. The van der Waals surface area contributed by atoms with Gasteiger partial charge in [-0.05, 0) is 31.0 Å². The van der Waals surface area contributed by atoms with Gasteiger partial charge >= 0.3 is 0 Å². The summed E-state index contributed by atoms with van der Waals surface area (Å²) in [5.74, 6) is -0.0538. The van der Waals surface area contributed by atoms with Crippen LogP contribution < -0.4 is 0 Å². The topological polar surface area (TPSA) is 44.1 Å². The number of hydrogen-bond acceptors (Lipinski definition) is 2. The predicted octanol–water partition coefficient (Wildman–Crippen LogP) is 3.10. The number of alkyl halides is 2. The van der Waals surface area contributed by atoms with E-state index >= 15 is 0 Å². The monoisotopic (exact) mass is 296 g/mol. The zero-order chi connectivity index (χ0) is 14.3. The van der Waals surface area contributed by atoms with Crippen molar-refractivity contribution in [2.75, 3.05) is 7.05 Å². The SMILES string of the molecule is CN(Cc1ccc(C#N)cc1)C(=O)C1(C)CC1(Cl)Cl. The highest BCUT2D eigenvalue weighted by molar-refractivity contribution is 6.53.